The number of rotatable bonds is 12. The number of hydrogen-bond acceptors (Lipinski definition) is 15. The van der Waals surface area contributed by atoms with E-state index in [1.165, 1.54) is 6.92 Å². The number of aliphatic hydroxyl groups excluding tert-OH is 2. The highest BCUT2D eigenvalue weighted by Crippen LogP contribution is 2.33. The van der Waals surface area contributed by atoms with Gasteiger partial charge in [-0.3, -0.25) is 24.0 Å². The van der Waals surface area contributed by atoms with Crippen LogP contribution in [0.3, 0.4) is 0 Å². The topological polar surface area (TPSA) is 212 Å². The minimum absolute atomic E-state index is 0.133. The standard InChI is InChI=1S/C29H39NO15/c1-14(31)30-22-23(36)24(20(43-28(22)37)12-38-11-19-9-7-6-8-10-19)45-29-27(42-18(5)35)26(41-17(4)34)25(40-16(3)33)21(44-29)13-39-15(2)32/h6-10,20-29,36-37H,11-13H2,1-5H3,(H,30,31)/t20-,21+,22+,23-,24-,25+,26-,27+,28-,29-/m1/s1. The first kappa shape index (κ1) is 35.8. The summed E-state index contributed by atoms with van der Waals surface area (Å²) < 4.78 is 44.9. The fraction of sp³-hybridized carbons (Fsp3) is 0.621. The second kappa shape index (κ2) is 16.6. The van der Waals surface area contributed by atoms with E-state index >= 15 is 0 Å². The van der Waals surface area contributed by atoms with E-state index in [0.29, 0.717) is 0 Å². The molecular weight excluding hydrogens is 602 g/mol. The first-order valence-electron chi connectivity index (χ1n) is 14.1. The first-order valence-corrected chi connectivity index (χ1v) is 14.1. The highest BCUT2D eigenvalue weighted by Gasteiger charge is 2.55. The van der Waals surface area contributed by atoms with Gasteiger partial charge in [0, 0.05) is 34.6 Å². The fourth-order valence-electron chi connectivity index (χ4n) is 4.95. The number of nitrogens with one attached hydrogen (secondary N) is 1. The van der Waals surface area contributed by atoms with Crippen molar-refractivity contribution in [3.05, 3.63) is 35.9 Å². The Morgan fingerprint density at radius 2 is 1.31 bits per heavy atom. The van der Waals surface area contributed by atoms with Gasteiger partial charge in [0.2, 0.25) is 5.91 Å². The molecule has 0 radical (unpaired) electrons. The summed E-state index contributed by atoms with van der Waals surface area (Å²) in [6.45, 7) is 4.92. The van der Waals surface area contributed by atoms with Crippen LogP contribution in [0.15, 0.2) is 30.3 Å². The molecule has 0 saturated carbocycles. The van der Waals surface area contributed by atoms with E-state index < -0.39 is 97.7 Å². The van der Waals surface area contributed by atoms with Crippen molar-refractivity contribution in [3.63, 3.8) is 0 Å². The highest BCUT2D eigenvalue weighted by atomic mass is 16.7. The first-order chi connectivity index (χ1) is 21.3. The van der Waals surface area contributed by atoms with Crippen LogP contribution in [0.4, 0.5) is 0 Å². The third-order valence-electron chi connectivity index (χ3n) is 6.70. The largest absolute Gasteiger partial charge is 0.463 e. The summed E-state index contributed by atoms with van der Waals surface area (Å²) in [6.07, 6.45) is -13.5. The van der Waals surface area contributed by atoms with Crippen LogP contribution in [0, 0.1) is 0 Å². The molecule has 1 aromatic rings. The van der Waals surface area contributed by atoms with Crippen LogP contribution in [0.5, 0.6) is 0 Å². The molecule has 2 aliphatic heterocycles. The van der Waals surface area contributed by atoms with Crippen molar-refractivity contribution in [3.8, 4) is 0 Å². The van der Waals surface area contributed by atoms with Crippen LogP contribution in [-0.2, 0) is 68.5 Å². The van der Waals surface area contributed by atoms with Crippen LogP contribution >= 0.6 is 0 Å². The quantitative estimate of drug-likeness (QED) is 0.189. The van der Waals surface area contributed by atoms with E-state index in [2.05, 4.69) is 5.32 Å². The highest BCUT2D eigenvalue weighted by molar-refractivity contribution is 5.73. The molecule has 0 unspecified atom stereocenters. The van der Waals surface area contributed by atoms with E-state index in [9.17, 15) is 34.2 Å². The number of ether oxygens (including phenoxy) is 8. The van der Waals surface area contributed by atoms with Crippen LogP contribution in [0.1, 0.15) is 40.2 Å². The van der Waals surface area contributed by atoms with Gasteiger partial charge in [-0.2, -0.15) is 0 Å². The third kappa shape index (κ3) is 10.4. The molecular formula is C29H39NO15. The molecule has 16 heteroatoms. The van der Waals surface area contributed by atoms with Crippen LogP contribution in [0.25, 0.3) is 0 Å². The van der Waals surface area contributed by atoms with Crippen molar-refractivity contribution in [1.82, 2.24) is 5.32 Å². The smallest absolute Gasteiger partial charge is 0.303 e. The van der Waals surface area contributed by atoms with E-state index in [1.807, 2.05) is 30.3 Å². The molecule has 0 aromatic heterocycles. The Bertz CT molecular complexity index is 1180. The van der Waals surface area contributed by atoms with Gasteiger partial charge in [-0.1, -0.05) is 30.3 Å². The van der Waals surface area contributed by atoms with E-state index in [1.54, 1.807) is 0 Å². The molecule has 45 heavy (non-hydrogen) atoms. The number of carbonyl (C=O) groups is 5. The monoisotopic (exact) mass is 641 g/mol. The molecule has 1 aromatic carbocycles. The van der Waals surface area contributed by atoms with Gasteiger partial charge in [0.25, 0.3) is 0 Å². The Morgan fingerprint density at radius 1 is 0.733 bits per heavy atom. The Balaban J connectivity index is 1.98. The molecule has 2 fully saturated rings. The van der Waals surface area contributed by atoms with Gasteiger partial charge in [-0.15, -0.1) is 0 Å². The zero-order valence-electron chi connectivity index (χ0n) is 25.5. The average Bonchev–Trinajstić information content (AvgIpc) is 2.94. The summed E-state index contributed by atoms with van der Waals surface area (Å²) in [7, 11) is 0. The van der Waals surface area contributed by atoms with Crippen molar-refractivity contribution in [2.75, 3.05) is 13.2 Å². The Labute approximate surface area is 259 Å². The normalized spacial score (nSPS) is 31.3. The zero-order chi connectivity index (χ0) is 33.3. The molecule has 0 spiro atoms. The minimum Gasteiger partial charge on any atom is -0.463 e. The van der Waals surface area contributed by atoms with Crippen molar-refractivity contribution in [2.24, 2.45) is 0 Å². The molecule has 3 rings (SSSR count). The van der Waals surface area contributed by atoms with Crippen molar-refractivity contribution in [1.29, 1.82) is 0 Å². The van der Waals surface area contributed by atoms with Crippen molar-refractivity contribution >= 4 is 29.8 Å². The fourth-order valence-corrected chi connectivity index (χ4v) is 4.95. The van der Waals surface area contributed by atoms with Crippen LogP contribution in [-0.4, -0.2) is 115 Å². The van der Waals surface area contributed by atoms with Crippen LogP contribution in [0.2, 0.25) is 0 Å². The van der Waals surface area contributed by atoms with E-state index in [0.717, 1.165) is 33.3 Å². The number of hydrogen-bond donors (Lipinski definition) is 3. The van der Waals surface area contributed by atoms with Crippen molar-refractivity contribution < 1.29 is 72.1 Å². The van der Waals surface area contributed by atoms with Crippen molar-refractivity contribution in [2.45, 2.75) is 103 Å². The maximum absolute atomic E-state index is 12.2. The molecule has 1 amide bonds. The average molecular weight is 642 g/mol. The lowest BCUT2D eigenvalue weighted by molar-refractivity contribution is -0.347. The minimum atomic E-state index is -1.68. The molecule has 2 heterocycles. The van der Waals surface area contributed by atoms with Gasteiger partial charge in [-0.05, 0) is 5.56 Å². The van der Waals surface area contributed by atoms with E-state index in [4.69, 9.17) is 37.9 Å². The Hall–Kier alpha value is -3.67. The molecule has 2 aliphatic rings. The predicted molar refractivity (Wildman–Crippen MR) is 147 cm³/mol. The van der Waals surface area contributed by atoms with Gasteiger partial charge < -0.3 is 53.4 Å². The molecule has 3 N–H and O–H groups in total. The maximum Gasteiger partial charge on any atom is 0.303 e. The summed E-state index contributed by atoms with van der Waals surface area (Å²) in [5.74, 6) is -3.81. The SMILES string of the molecule is CC(=O)N[C@H]1[C@@H](O)[C@H](O[C@H]2O[C@@H](COC(C)=O)[C@H](OC(C)=O)[C@@H](OC(C)=O)[C@@H]2OC(C)=O)[C@@H](COCc2ccccc2)O[C@H]1O. The number of esters is 4. The lowest BCUT2D eigenvalue weighted by Gasteiger charge is -2.48. The van der Waals surface area contributed by atoms with Gasteiger partial charge in [0.15, 0.2) is 30.9 Å². The number of benzene rings is 1. The summed E-state index contributed by atoms with van der Waals surface area (Å²) in [4.78, 5) is 59.9. The Kier molecular flexibility index (Phi) is 13.2. The van der Waals surface area contributed by atoms with Crippen LogP contribution < -0.4 is 5.32 Å². The van der Waals surface area contributed by atoms with E-state index in [-0.39, 0.29) is 13.2 Å². The molecule has 250 valence electrons. The number of aliphatic hydroxyl groups is 2. The zero-order valence-corrected chi connectivity index (χ0v) is 25.5. The lowest BCUT2D eigenvalue weighted by Crippen LogP contribution is -2.68. The number of amides is 1. The van der Waals surface area contributed by atoms with Gasteiger partial charge in [0.1, 0.15) is 37.1 Å². The van der Waals surface area contributed by atoms with Gasteiger partial charge >= 0.3 is 23.9 Å². The maximum atomic E-state index is 12.2. The van der Waals surface area contributed by atoms with Gasteiger partial charge in [-0.25, -0.2) is 0 Å². The summed E-state index contributed by atoms with van der Waals surface area (Å²) >= 11 is 0. The molecule has 10 atom stereocenters. The molecule has 0 bridgehead atoms. The summed E-state index contributed by atoms with van der Waals surface area (Å²) in [6, 6.07) is 7.74. The second-order valence-electron chi connectivity index (χ2n) is 10.5. The third-order valence-corrected chi connectivity index (χ3v) is 6.70. The molecule has 16 nitrogen and oxygen atoms in total. The number of carbonyl (C=O) groups excluding carboxylic acids is 5. The van der Waals surface area contributed by atoms with Gasteiger partial charge in [0.05, 0.1) is 13.2 Å². The molecule has 2 saturated heterocycles. The summed E-state index contributed by atoms with van der Waals surface area (Å²) in [5.41, 5.74) is 0.822. The Morgan fingerprint density at radius 3 is 1.89 bits per heavy atom. The lowest BCUT2D eigenvalue weighted by atomic mass is 9.95. The predicted octanol–water partition coefficient (Wildman–Crippen LogP) is -0.746. The molecule has 0 aliphatic carbocycles. The summed E-state index contributed by atoms with van der Waals surface area (Å²) in [5, 5.41) is 24.4. The second-order valence-corrected chi connectivity index (χ2v) is 10.5.